The van der Waals surface area contributed by atoms with Crippen LogP contribution in [0.5, 0.6) is 0 Å². The SMILES string of the molecule is CCn1cc(S(=O)(=O)NCC(OC)c2ccccc2)cn1. The highest BCUT2D eigenvalue weighted by atomic mass is 32.2. The molecule has 21 heavy (non-hydrogen) atoms. The fourth-order valence-corrected chi connectivity index (χ4v) is 2.91. The van der Waals surface area contributed by atoms with Gasteiger partial charge in [-0.2, -0.15) is 5.10 Å². The summed E-state index contributed by atoms with van der Waals surface area (Å²) in [6.45, 7) is 2.69. The van der Waals surface area contributed by atoms with Gasteiger partial charge >= 0.3 is 0 Å². The van der Waals surface area contributed by atoms with Crippen LogP contribution < -0.4 is 4.72 Å². The number of sulfonamides is 1. The van der Waals surface area contributed by atoms with Gasteiger partial charge in [-0.25, -0.2) is 13.1 Å². The fraction of sp³-hybridized carbons (Fsp3) is 0.357. The van der Waals surface area contributed by atoms with Gasteiger partial charge in [-0.05, 0) is 12.5 Å². The number of benzene rings is 1. The van der Waals surface area contributed by atoms with Crippen molar-refractivity contribution < 1.29 is 13.2 Å². The van der Waals surface area contributed by atoms with Gasteiger partial charge < -0.3 is 4.74 Å². The zero-order chi connectivity index (χ0) is 15.3. The summed E-state index contributed by atoms with van der Waals surface area (Å²) in [7, 11) is -2.02. The molecule has 0 radical (unpaired) electrons. The first-order valence-corrected chi connectivity index (χ1v) is 8.15. The minimum Gasteiger partial charge on any atom is -0.375 e. The van der Waals surface area contributed by atoms with Gasteiger partial charge in [0.15, 0.2) is 0 Å². The summed E-state index contributed by atoms with van der Waals surface area (Å²) in [4.78, 5) is 0.160. The molecule has 0 amide bonds. The van der Waals surface area contributed by atoms with Crippen molar-refractivity contribution in [1.82, 2.24) is 14.5 Å². The van der Waals surface area contributed by atoms with E-state index in [-0.39, 0.29) is 17.5 Å². The standard InChI is InChI=1S/C14H19N3O3S/c1-3-17-11-13(9-15-17)21(18,19)16-10-14(20-2)12-7-5-4-6-8-12/h4-9,11,14,16H,3,10H2,1-2H3. The molecule has 0 saturated carbocycles. The molecule has 7 heteroatoms. The summed E-state index contributed by atoms with van der Waals surface area (Å²) in [5.41, 5.74) is 0.923. The minimum absolute atomic E-state index is 0.160. The van der Waals surface area contributed by atoms with E-state index in [0.717, 1.165) is 5.56 Å². The van der Waals surface area contributed by atoms with Crippen LogP contribution in [0.4, 0.5) is 0 Å². The molecule has 2 aromatic rings. The number of nitrogens with one attached hydrogen (secondary N) is 1. The maximum absolute atomic E-state index is 12.2. The predicted octanol–water partition coefficient (Wildman–Crippen LogP) is 1.57. The number of methoxy groups -OCH3 is 1. The van der Waals surface area contributed by atoms with Gasteiger partial charge in [0.05, 0.1) is 12.3 Å². The lowest BCUT2D eigenvalue weighted by Gasteiger charge is -2.16. The highest BCUT2D eigenvalue weighted by Gasteiger charge is 2.19. The normalized spacial score (nSPS) is 13.2. The quantitative estimate of drug-likeness (QED) is 0.842. The molecular formula is C14H19N3O3S. The molecule has 0 fully saturated rings. The van der Waals surface area contributed by atoms with Gasteiger partial charge in [0.2, 0.25) is 10.0 Å². The first-order valence-electron chi connectivity index (χ1n) is 6.66. The van der Waals surface area contributed by atoms with E-state index in [0.29, 0.717) is 6.54 Å². The molecule has 1 unspecified atom stereocenters. The van der Waals surface area contributed by atoms with Crippen LogP contribution in [0.2, 0.25) is 0 Å². The smallest absolute Gasteiger partial charge is 0.243 e. The number of aromatic nitrogens is 2. The Morgan fingerprint density at radius 3 is 2.62 bits per heavy atom. The number of hydrogen-bond acceptors (Lipinski definition) is 4. The molecule has 6 nitrogen and oxygen atoms in total. The molecule has 0 bridgehead atoms. The Balaban J connectivity index is 2.06. The van der Waals surface area contributed by atoms with Crippen molar-refractivity contribution in [3.05, 3.63) is 48.3 Å². The highest BCUT2D eigenvalue weighted by molar-refractivity contribution is 7.89. The average molecular weight is 309 g/mol. The Labute approximate surface area is 124 Å². The molecule has 1 heterocycles. The Morgan fingerprint density at radius 2 is 2.05 bits per heavy atom. The molecule has 114 valence electrons. The second-order valence-electron chi connectivity index (χ2n) is 4.52. The Hall–Kier alpha value is -1.70. The Bertz CT molecular complexity index is 668. The number of hydrogen-bond donors (Lipinski definition) is 1. The van der Waals surface area contributed by atoms with Gasteiger partial charge in [-0.1, -0.05) is 30.3 Å². The number of rotatable bonds is 7. The van der Waals surface area contributed by atoms with Gasteiger partial charge in [-0.3, -0.25) is 4.68 Å². The van der Waals surface area contributed by atoms with Gasteiger partial charge in [-0.15, -0.1) is 0 Å². The highest BCUT2D eigenvalue weighted by Crippen LogP contribution is 2.16. The van der Waals surface area contributed by atoms with Crippen molar-refractivity contribution in [2.75, 3.05) is 13.7 Å². The molecule has 2 rings (SSSR count). The summed E-state index contributed by atoms with van der Waals surface area (Å²) >= 11 is 0. The van der Waals surface area contributed by atoms with E-state index >= 15 is 0 Å². The molecule has 1 aromatic heterocycles. The van der Waals surface area contributed by atoms with E-state index < -0.39 is 10.0 Å². The van der Waals surface area contributed by atoms with E-state index in [2.05, 4.69) is 9.82 Å². The topological polar surface area (TPSA) is 73.2 Å². The number of ether oxygens (including phenoxy) is 1. The van der Waals surface area contributed by atoms with Crippen molar-refractivity contribution in [3.8, 4) is 0 Å². The van der Waals surface area contributed by atoms with Crippen LogP contribution in [-0.2, 0) is 21.3 Å². The lowest BCUT2D eigenvalue weighted by atomic mass is 10.1. The third-order valence-electron chi connectivity index (χ3n) is 3.16. The molecule has 0 aliphatic heterocycles. The summed E-state index contributed by atoms with van der Waals surface area (Å²) < 4.78 is 33.9. The van der Waals surface area contributed by atoms with E-state index in [4.69, 9.17) is 4.74 Å². The predicted molar refractivity (Wildman–Crippen MR) is 79.3 cm³/mol. The van der Waals surface area contributed by atoms with Crippen molar-refractivity contribution in [2.45, 2.75) is 24.5 Å². The first-order chi connectivity index (χ1) is 10.1. The summed E-state index contributed by atoms with van der Waals surface area (Å²) in [5, 5.41) is 3.97. The van der Waals surface area contributed by atoms with E-state index in [1.807, 2.05) is 37.3 Å². The third-order valence-corrected chi connectivity index (χ3v) is 4.54. The summed E-state index contributed by atoms with van der Waals surface area (Å²) in [6.07, 6.45) is 2.52. The molecule has 1 N–H and O–H groups in total. The van der Waals surface area contributed by atoms with E-state index in [1.165, 1.54) is 12.4 Å². The number of aryl methyl sites for hydroxylation is 1. The van der Waals surface area contributed by atoms with Gasteiger partial charge in [0.1, 0.15) is 4.90 Å². The summed E-state index contributed by atoms with van der Waals surface area (Å²) in [5.74, 6) is 0. The first kappa shape index (κ1) is 15.7. The number of nitrogens with zero attached hydrogens (tertiary/aromatic N) is 2. The minimum atomic E-state index is -3.58. The zero-order valence-corrected chi connectivity index (χ0v) is 12.9. The molecule has 0 aliphatic rings. The maximum atomic E-state index is 12.2. The Kier molecular flexibility index (Phi) is 5.11. The van der Waals surface area contributed by atoms with Crippen molar-refractivity contribution in [3.63, 3.8) is 0 Å². The van der Waals surface area contributed by atoms with Crippen molar-refractivity contribution >= 4 is 10.0 Å². The van der Waals surface area contributed by atoms with Gasteiger partial charge in [0, 0.05) is 26.4 Å². The molecule has 0 saturated heterocycles. The van der Waals surface area contributed by atoms with E-state index in [1.54, 1.807) is 11.8 Å². The molecule has 0 aliphatic carbocycles. The largest absolute Gasteiger partial charge is 0.375 e. The van der Waals surface area contributed by atoms with Crippen LogP contribution in [0.1, 0.15) is 18.6 Å². The lowest BCUT2D eigenvalue weighted by Crippen LogP contribution is -2.29. The zero-order valence-electron chi connectivity index (χ0n) is 12.1. The van der Waals surface area contributed by atoms with Gasteiger partial charge in [0.25, 0.3) is 0 Å². The molecule has 1 atom stereocenters. The fourth-order valence-electron chi connectivity index (χ4n) is 1.93. The lowest BCUT2D eigenvalue weighted by molar-refractivity contribution is 0.107. The van der Waals surface area contributed by atoms with Crippen molar-refractivity contribution in [1.29, 1.82) is 0 Å². The second kappa shape index (κ2) is 6.84. The monoisotopic (exact) mass is 309 g/mol. The Morgan fingerprint density at radius 1 is 1.33 bits per heavy atom. The van der Waals surface area contributed by atoms with Crippen LogP contribution in [0, 0.1) is 0 Å². The second-order valence-corrected chi connectivity index (χ2v) is 6.29. The van der Waals surface area contributed by atoms with Crippen LogP contribution in [0.15, 0.2) is 47.6 Å². The maximum Gasteiger partial charge on any atom is 0.243 e. The molecule has 1 aromatic carbocycles. The molecule has 0 spiro atoms. The van der Waals surface area contributed by atoms with Crippen LogP contribution >= 0.6 is 0 Å². The van der Waals surface area contributed by atoms with Crippen LogP contribution in [-0.4, -0.2) is 31.9 Å². The van der Waals surface area contributed by atoms with Crippen molar-refractivity contribution in [2.24, 2.45) is 0 Å². The van der Waals surface area contributed by atoms with Crippen LogP contribution in [0.25, 0.3) is 0 Å². The van der Waals surface area contributed by atoms with Crippen LogP contribution in [0.3, 0.4) is 0 Å². The molecular weight excluding hydrogens is 290 g/mol. The third kappa shape index (κ3) is 3.90. The average Bonchev–Trinajstić information content (AvgIpc) is 2.99. The summed E-state index contributed by atoms with van der Waals surface area (Å²) in [6, 6.07) is 9.48. The van der Waals surface area contributed by atoms with E-state index in [9.17, 15) is 8.42 Å².